The number of halogens is 3. The van der Waals surface area contributed by atoms with Crippen LogP contribution in [0.25, 0.3) is 10.2 Å². The average Bonchev–Trinajstić information content (AvgIpc) is 2.94. The molecule has 0 spiro atoms. The molecule has 1 aliphatic heterocycles. The summed E-state index contributed by atoms with van der Waals surface area (Å²) in [6, 6.07) is 3.57. The van der Waals surface area contributed by atoms with Crippen molar-refractivity contribution in [2.45, 2.75) is 45.5 Å². The van der Waals surface area contributed by atoms with Gasteiger partial charge < -0.3 is 14.5 Å². The monoisotopic (exact) mass is 401 g/mol. The Balaban J connectivity index is 1.75. The molecule has 0 radical (unpaired) electrons. The molecule has 0 N–H and O–H groups in total. The van der Waals surface area contributed by atoms with E-state index >= 15 is 0 Å². The molecule has 0 bridgehead atoms. The summed E-state index contributed by atoms with van der Waals surface area (Å²) in [6.07, 6.45) is -4.72. The van der Waals surface area contributed by atoms with Gasteiger partial charge in [0.05, 0.1) is 15.8 Å². The van der Waals surface area contributed by atoms with Crippen molar-refractivity contribution < 1.29 is 22.7 Å². The number of thiazole rings is 1. The molecule has 1 amide bonds. The predicted molar refractivity (Wildman–Crippen MR) is 99.2 cm³/mol. The molecule has 5 nitrogen and oxygen atoms in total. The van der Waals surface area contributed by atoms with Gasteiger partial charge in [-0.05, 0) is 45.9 Å². The van der Waals surface area contributed by atoms with Crippen molar-refractivity contribution >= 4 is 32.8 Å². The molecule has 1 aliphatic rings. The summed E-state index contributed by atoms with van der Waals surface area (Å²) >= 11 is 1.24. The molecule has 1 saturated heterocycles. The Morgan fingerprint density at radius 2 is 1.96 bits per heavy atom. The van der Waals surface area contributed by atoms with Gasteiger partial charge in [0.15, 0.2) is 5.13 Å². The van der Waals surface area contributed by atoms with Gasteiger partial charge in [-0.3, -0.25) is 0 Å². The molecule has 27 heavy (non-hydrogen) atoms. The molecule has 1 aromatic heterocycles. The minimum absolute atomic E-state index is 0.0195. The molecular weight excluding hydrogens is 379 g/mol. The van der Waals surface area contributed by atoms with Crippen LogP contribution in [0, 0.1) is 0 Å². The minimum atomic E-state index is -4.37. The molecule has 1 fully saturated rings. The lowest BCUT2D eigenvalue weighted by Gasteiger charge is -2.40. The lowest BCUT2D eigenvalue weighted by atomic mass is 10.2. The van der Waals surface area contributed by atoms with Gasteiger partial charge in [-0.15, -0.1) is 0 Å². The number of carbonyl (C=O) groups excluding carboxylic acids is 1. The standard InChI is InChI=1S/C18H22F3N3O2S/c1-11-10-23(16(25)26-17(2,3)4)7-8-24(11)15-22-13-6-5-12(18(19,20)21)9-14(13)27-15/h5-6,9,11H,7-8,10H2,1-4H3/t11-/m0/s1. The first-order valence-corrected chi connectivity index (χ1v) is 9.48. The maximum Gasteiger partial charge on any atom is 0.416 e. The van der Waals surface area contributed by atoms with Crippen LogP contribution >= 0.6 is 11.3 Å². The number of hydrogen-bond donors (Lipinski definition) is 0. The van der Waals surface area contributed by atoms with E-state index in [4.69, 9.17) is 4.74 Å². The Morgan fingerprint density at radius 3 is 2.56 bits per heavy atom. The van der Waals surface area contributed by atoms with Crippen molar-refractivity contribution in [1.29, 1.82) is 0 Å². The lowest BCUT2D eigenvalue weighted by Crippen LogP contribution is -2.54. The largest absolute Gasteiger partial charge is 0.444 e. The number of hydrogen-bond acceptors (Lipinski definition) is 5. The zero-order valence-electron chi connectivity index (χ0n) is 15.6. The summed E-state index contributed by atoms with van der Waals surface area (Å²) in [5.74, 6) is 0. The third kappa shape index (κ3) is 4.45. The van der Waals surface area contributed by atoms with Gasteiger partial charge in [-0.2, -0.15) is 13.2 Å². The summed E-state index contributed by atoms with van der Waals surface area (Å²) in [5, 5.41) is 0.667. The van der Waals surface area contributed by atoms with Crippen molar-refractivity contribution in [1.82, 2.24) is 9.88 Å². The first-order valence-electron chi connectivity index (χ1n) is 8.66. The van der Waals surface area contributed by atoms with E-state index in [1.165, 1.54) is 17.4 Å². The van der Waals surface area contributed by atoms with Crippen LogP contribution in [-0.4, -0.2) is 47.3 Å². The summed E-state index contributed by atoms with van der Waals surface area (Å²) in [7, 11) is 0. The highest BCUT2D eigenvalue weighted by molar-refractivity contribution is 7.22. The van der Waals surface area contributed by atoms with Crippen molar-refractivity contribution in [2.24, 2.45) is 0 Å². The van der Waals surface area contributed by atoms with Crippen LogP contribution in [0.5, 0.6) is 0 Å². The second kappa shape index (κ2) is 6.85. The van der Waals surface area contributed by atoms with Gasteiger partial charge in [0.1, 0.15) is 5.60 Å². The number of benzene rings is 1. The number of aromatic nitrogens is 1. The Labute approximate surface area is 159 Å². The Hall–Kier alpha value is -2.03. The number of alkyl halides is 3. The molecule has 1 atom stereocenters. The average molecular weight is 401 g/mol. The number of ether oxygens (including phenoxy) is 1. The second-order valence-electron chi connectivity index (χ2n) is 7.65. The van der Waals surface area contributed by atoms with E-state index in [0.717, 1.165) is 12.1 Å². The van der Waals surface area contributed by atoms with Gasteiger partial charge in [0, 0.05) is 25.7 Å². The molecule has 0 unspecified atom stereocenters. The van der Waals surface area contributed by atoms with E-state index in [1.807, 2.05) is 32.6 Å². The Bertz CT molecular complexity index is 844. The number of carbonyl (C=O) groups is 1. The smallest absolute Gasteiger partial charge is 0.416 e. The first-order chi connectivity index (χ1) is 12.4. The first kappa shape index (κ1) is 19.7. The molecule has 2 aromatic rings. The maximum absolute atomic E-state index is 12.9. The number of rotatable bonds is 1. The molecule has 3 rings (SSSR count). The van der Waals surface area contributed by atoms with E-state index in [0.29, 0.717) is 35.0 Å². The lowest BCUT2D eigenvalue weighted by molar-refractivity contribution is -0.137. The van der Waals surface area contributed by atoms with E-state index in [-0.39, 0.29) is 12.1 Å². The summed E-state index contributed by atoms with van der Waals surface area (Å²) < 4.78 is 44.6. The topological polar surface area (TPSA) is 45.7 Å². The van der Waals surface area contributed by atoms with E-state index in [1.54, 1.807) is 4.90 Å². The third-order valence-corrected chi connectivity index (χ3v) is 5.28. The van der Waals surface area contributed by atoms with E-state index in [9.17, 15) is 18.0 Å². The number of amides is 1. The highest BCUT2D eigenvalue weighted by Crippen LogP contribution is 2.36. The fraction of sp³-hybridized carbons (Fsp3) is 0.556. The fourth-order valence-electron chi connectivity index (χ4n) is 2.95. The normalized spacial score (nSPS) is 18.9. The quantitative estimate of drug-likeness (QED) is 0.691. The summed E-state index contributed by atoms with van der Waals surface area (Å²) in [4.78, 5) is 20.4. The van der Waals surface area contributed by atoms with Crippen LogP contribution in [0.4, 0.5) is 23.1 Å². The second-order valence-corrected chi connectivity index (χ2v) is 8.65. The highest BCUT2D eigenvalue weighted by atomic mass is 32.1. The SMILES string of the molecule is C[C@H]1CN(C(=O)OC(C)(C)C)CCN1c1nc2ccc(C(F)(F)F)cc2s1. The molecule has 148 valence electrons. The highest BCUT2D eigenvalue weighted by Gasteiger charge is 2.33. The molecule has 9 heteroatoms. The van der Waals surface area contributed by atoms with Gasteiger partial charge in [-0.1, -0.05) is 11.3 Å². The summed E-state index contributed by atoms with van der Waals surface area (Å²) in [6.45, 7) is 8.92. The maximum atomic E-state index is 12.9. The van der Waals surface area contributed by atoms with Crippen molar-refractivity contribution in [2.75, 3.05) is 24.5 Å². The molecule has 2 heterocycles. The molecule has 0 aliphatic carbocycles. The van der Waals surface area contributed by atoms with Crippen molar-refractivity contribution in [3.05, 3.63) is 23.8 Å². The van der Waals surface area contributed by atoms with Crippen LogP contribution in [0.2, 0.25) is 0 Å². The molecule has 1 aromatic carbocycles. The van der Waals surface area contributed by atoms with E-state index in [2.05, 4.69) is 4.98 Å². The zero-order chi connectivity index (χ0) is 20.0. The van der Waals surface area contributed by atoms with Gasteiger partial charge in [-0.25, -0.2) is 9.78 Å². The third-order valence-electron chi connectivity index (χ3n) is 4.23. The van der Waals surface area contributed by atoms with E-state index < -0.39 is 17.3 Å². The number of fused-ring (bicyclic) bond motifs is 1. The zero-order valence-corrected chi connectivity index (χ0v) is 16.4. The van der Waals surface area contributed by atoms with Crippen molar-refractivity contribution in [3.63, 3.8) is 0 Å². The van der Waals surface area contributed by atoms with Crippen LogP contribution in [0.15, 0.2) is 18.2 Å². The van der Waals surface area contributed by atoms with Gasteiger partial charge >= 0.3 is 12.3 Å². The number of piperazine rings is 1. The van der Waals surface area contributed by atoms with Crippen LogP contribution in [0.1, 0.15) is 33.3 Å². The van der Waals surface area contributed by atoms with Gasteiger partial charge in [0.25, 0.3) is 0 Å². The molecule has 0 saturated carbocycles. The number of anilines is 1. The van der Waals surface area contributed by atoms with Gasteiger partial charge in [0.2, 0.25) is 0 Å². The Kier molecular flexibility index (Phi) is 5.00. The molecular formula is C18H22F3N3O2S. The fourth-order valence-corrected chi connectivity index (χ4v) is 4.08. The Morgan fingerprint density at radius 1 is 1.26 bits per heavy atom. The van der Waals surface area contributed by atoms with Crippen LogP contribution in [0.3, 0.4) is 0 Å². The predicted octanol–water partition coefficient (Wildman–Crippen LogP) is 4.76. The van der Waals surface area contributed by atoms with Crippen LogP contribution in [-0.2, 0) is 10.9 Å². The number of nitrogens with zero attached hydrogens (tertiary/aromatic N) is 3. The van der Waals surface area contributed by atoms with Crippen molar-refractivity contribution in [3.8, 4) is 0 Å². The minimum Gasteiger partial charge on any atom is -0.444 e. The van der Waals surface area contributed by atoms with Crippen LogP contribution < -0.4 is 4.90 Å². The summed E-state index contributed by atoms with van der Waals surface area (Å²) in [5.41, 5.74) is -0.682.